The Balaban J connectivity index is 1.72. The summed E-state index contributed by atoms with van der Waals surface area (Å²) in [6.07, 6.45) is 0. The maximum Gasteiger partial charge on any atom is 0.260 e. The Kier molecular flexibility index (Phi) is 4.64. The van der Waals surface area contributed by atoms with Gasteiger partial charge in [-0.1, -0.05) is 52.9 Å². The molecule has 4 rings (SSSR count). The third kappa shape index (κ3) is 3.32. The molecule has 0 bridgehead atoms. The van der Waals surface area contributed by atoms with Gasteiger partial charge in [-0.3, -0.25) is 4.79 Å². The number of fused-ring (bicyclic) bond motifs is 1. The Morgan fingerprint density at radius 3 is 2.54 bits per heavy atom. The van der Waals surface area contributed by atoms with Gasteiger partial charge in [-0.2, -0.15) is 0 Å². The molecule has 0 atom stereocenters. The van der Waals surface area contributed by atoms with Gasteiger partial charge in [0.25, 0.3) is 5.56 Å². The van der Waals surface area contributed by atoms with Crippen molar-refractivity contribution in [2.75, 3.05) is 0 Å². The van der Waals surface area contributed by atoms with Gasteiger partial charge in [-0.05, 0) is 26.3 Å². The second kappa shape index (κ2) is 6.94. The minimum absolute atomic E-state index is 0.0843. The average Bonchev–Trinajstić information content (AvgIpc) is 3.16. The minimum Gasteiger partial charge on any atom is -0.309 e. The van der Waals surface area contributed by atoms with Crippen LogP contribution in [0.1, 0.15) is 21.3 Å². The number of hydrogen-bond acceptors (Lipinski definition) is 7. The summed E-state index contributed by atoms with van der Waals surface area (Å²) >= 11 is 4.65. The first kappa shape index (κ1) is 17.4. The van der Waals surface area contributed by atoms with E-state index in [-0.39, 0.29) is 5.56 Å². The minimum atomic E-state index is -0.0843. The third-order valence-electron chi connectivity index (χ3n) is 3.97. The summed E-state index contributed by atoms with van der Waals surface area (Å²) in [5.74, 6) is 1.23. The number of nitrogens with one attached hydrogen (secondary N) is 1. The molecule has 0 saturated heterocycles. The summed E-state index contributed by atoms with van der Waals surface area (Å²) in [6.45, 7) is 6.02. The van der Waals surface area contributed by atoms with Crippen LogP contribution in [0.5, 0.6) is 0 Å². The van der Waals surface area contributed by atoms with E-state index in [0.29, 0.717) is 17.0 Å². The zero-order chi connectivity index (χ0) is 18.3. The largest absolute Gasteiger partial charge is 0.309 e. The Morgan fingerprint density at radius 2 is 1.85 bits per heavy atom. The predicted octanol–water partition coefficient (Wildman–Crippen LogP) is 4.72. The lowest BCUT2D eigenvalue weighted by Gasteiger charge is -2.03. The van der Waals surface area contributed by atoms with Crippen LogP contribution >= 0.6 is 34.4 Å². The van der Waals surface area contributed by atoms with E-state index >= 15 is 0 Å². The van der Waals surface area contributed by atoms with Crippen molar-refractivity contribution in [2.24, 2.45) is 0 Å². The fourth-order valence-corrected chi connectivity index (χ4v) is 5.52. The van der Waals surface area contributed by atoms with Crippen LogP contribution in [0.4, 0.5) is 0 Å². The molecule has 26 heavy (non-hydrogen) atoms. The maximum atomic E-state index is 12.8. The Morgan fingerprint density at radius 1 is 1.08 bits per heavy atom. The highest BCUT2D eigenvalue weighted by molar-refractivity contribution is 8.00. The maximum absolute atomic E-state index is 12.8. The van der Waals surface area contributed by atoms with E-state index < -0.39 is 0 Å². The van der Waals surface area contributed by atoms with E-state index in [9.17, 15) is 4.79 Å². The molecule has 0 spiro atoms. The number of nitrogens with zero attached hydrogens (tertiary/aromatic N) is 3. The van der Waals surface area contributed by atoms with Gasteiger partial charge < -0.3 is 4.98 Å². The standard InChI is InChI=1S/C18H16N4OS3/c1-9-4-6-12(7-5-9)14-10(2)25-17-15(14)16(23)19-13(20-17)8-24-18-22-21-11(3)26-18/h4-7H,8H2,1-3H3,(H,19,20,23). The lowest BCUT2D eigenvalue weighted by molar-refractivity contribution is 0.979. The van der Waals surface area contributed by atoms with Crippen molar-refractivity contribution in [3.8, 4) is 11.1 Å². The summed E-state index contributed by atoms with van der Waals surface area (Å²) < 4.78 is 0.882. The fourth-order valence-electron chi connectivity index (χ4n) is 2.77. The lowest BCUT2D eigenvalue weighted by Crippen LogP contribution is -2.10. The fraction of sp³-hybridized carbons (Fsp3) is 0.222. The number of aryl methyl sites for hydroxylation is 3. The van der Waals surface area contributed by atoms with Gasteiger partial charge >= 0.3 is 0 Å². The number of aromatic amines is 1. The number of aromatic nitrogens is 4. The molecule has 8 heteroatoms. The van der Waals surface area contributed by atoms with Crippen molar-refractivity contribution in [3.05, 3.63) is 55.9 Å². The zero-order valence-corrected chi connectivity index (χ0v) is 16.9. The molecule has 0 fully saturated rings. The topological polar surface area (TPSA) is 71.5 Å². The van der Waals surface area contributed by atoms with Crippen molar-refractivity contribution < 1.29 is 0 Å². The first-order valence-corrected chi connectivity index (χ1v) is 10.7. The molecule has 0 unspecified atom stereocenters. The van der Waals surface area contributed by atoms with Crippen molar-refractivity contribution in [2.45, 2.75) is 30.9 Å². The average molecular weight is 401 g/mol. The van der Waals surface area contributed by atoms with Crippen molar-refractivity contribution >= 4 is 44.7 Å². The van der Waals surface area contributed by atoms with Crippen LogP contribution in [0.15, 0.2) is 33.4 Å². The van der Waals surface area contributed by atoms with Gasteiger partial charge in [0.05, 0.1) is 11.1 Å². The van der Waals surface area contributed by atoms with E-state index in [2.05, 4.69) is 51.4 Å². The summed E-state index contributed by atoms with van der Waals surface area (Å²) in [5, 5.41) is 9.71. The molecular weight excluding hydrogens is 384 g/mol. The molecule has 0 amide bonds. The quantitative estimate of drug-likeness (QED) is 0.502. The predicted molar refractivity (Wildman–Crippen MR) is 109 cm³/mol. The van der Waals surface area contributed by atoms with Gasteiger partial charge in [-0.15, -0.1) is 21.5 Å². The van der Waals surface area contributed by atoms with Crippen LogP contribution in [-0.2, 0) is 5.75 Å². The third-order valence-corrected chi connectivity index (χ3v) is 6.95. The summed E-state index contributed by atoms with van der Waals surface area (Å²) in [7, 11) is 0. The van der Waals surface area contributed by atoms with Crippen LogP contribution < -0.4 is 5.56 Å². The summed E-state index contributed by atoms with van der Waals surface area (Å²) in [4.78, 5) is 22.3. The normalized spacial score (nSPS) is 11.3. The molecular formula is C18H16N4OS3. The number of rotatable bonds is 4. The highest BCUT2D eigenvalue weighted by Crippen LogP contribution is 2.36. The van der Waals surface area contributed by atoms with E-state index in [0.717, 1.165) is 30.2 Å². The zero-order valence-electron chi connectivity index (χ0n) is 14.5. The van der Waals surface area contributed by atoms with Gasteiger partial charge in [-0.25, -0.2) is 4.98 Å². The number of H-pyrrole nitrogens is 1. The molecule has 0 radical (unpaired) electrons. The second-order valence-electron chi connectivity index (χ2n) is 5.97. The molecule has 3 heterocycles. The summed E-state index contributed by atoms with van der Waals surface area (Å²) in [6, 6.07) is 8.25. The van der Waals surface area contributed by atoms with Crippen molar-refractivity contribution in [1.82, 2.24) is 20.2 Å². The molecule has 132 valence electrons. The Bertz CT molecular complexity index is 1140. The molecule has 0 aliphatic heterocycles. The number of hydrogen-bond donors (Lipinski definition) is 1. The van der Waals surface area contributed by atoms with E-state index in [4.69, 9.17) is 0 Å². The van der Waals surface area contributed by atoms with Gasteiger partial charge in [0.1, 0.15) is 15.7 Å². The summed E-state index contributed by atoms with van der Waals surface area (Å²) in [5.41, 5.74) is 3.15. The SMILES string of the molecule is Cc1ccc(-c2c(C)sc3nc(CSc4nnc(C)s4)[nH]c(=O)c23)cc1. The second-order valence-corrected chi connectivity index (χ2v) is 9.58. The van der Waals surface area contributed by atoms with E-state index in [1.165, 1.54) is 17.3 Å². The molecule has 0 aliphatic carbocycles. The number of benzene rings is 1. The van der Waals surface area contributed by atoms with Crippen LogP contribution in [-0.4, -0.2) is 20.2 Å². The van der Waals surface area contributed by atoms with Crippen molar-refractivity contribution in [1.29, 1.82) is 0 Å². The van der Waals surface area contributed by atoms with Crippen LogP contribution in [0.3, 0.4) is 0 Å². The number of thiophene rings is 1. The number of thioether (sulfide) groups is 1. The van der Waals surface area contributed by atoms with E-state index in [1.54, 1.807) is 22.7 Å². The Labute approximate surface area is 162 Å². The first-order valence-electron chi connectivity index (χ1n) is 8.03. The van der Waals surface area contributed by atoms with Gasteiger partial charge in [0, 0.05) is 10.4 Å². The van der Waals surface area contributed by atoms with Crippen molar-refractivity contribution in [3.63, 3.8) is 0 Å². The molecule has 0 saturated carbocycles. The highest BCUT2D eigenvalue weighted by Gasteiger charge is 2.17. The monoisotopic (exact) mass is 400 g/mol. The molecule has 1 N–H and O–H groups in total. The van der Waals surface area contributed by atoms with E-state index in [1.807, 2.05) is 13.8 Å². The molecule has 5 nitrogen and oxygen atoms in total. The molecule has 1 aromatic carbocycles. The highest BCUT2D eigenvalue weighted by atomic mass is 32.2. The van der Waals surface area contributed by atoms with Crippen LogP contribution in [0.2, 0.25) is 0 Å². The smallest absolute Gasteiger partial charge is 0.260 e. The lowest BCUT2D eigenvalue weighted by atomic mass is 10.0. The van der Waals surface area contributed by atoms with Gasteiger partial charge in [0.2, 0.25) is 0 Å². The van der Waals surface area contributed by atoms with Crippen LogP contribution in [0.25, 0.3) is 21.3 Å². The molecule has 4 aromatic rings. The van der Waals surface area contributed by atoms with Gasteiger partial charge in [0.15, 0.2) is 4.34 Å². The molecule has 3 aromatic heterocycles. The Hall–Kier alpha value is -2.03. The molecule has 0 aliphatic rings. The first-order chi connectivity index (χ1) is 12.5. The van der Waals surface area contributed by atoms with Crippen LogP contribution in [0, 0.1) is 20.8 Å².